The fraction of sp³-hybridized carbons (Fsp3) is 0.381. The van der Waals surface area contributed by atoms with Gasteiger partial charge in [0.05, 0.1) is 18.8 Å². The zero-order valence-electron chi connectivity index (χ0n) is 15.8. The number of rotatable bonds is 2. The molecule has 8 heteroatoms. The van der Waals surface area contributed by atoms with Gasteiger partial charge < -0.3 is 15.0 Å². The Balaban J connectivity index is 1.68. The van der Waals surface area contributed by atoms with Gasteiger partial charge in [0.2, 0.25) is 5.95 Å². The molecule has 0 amide bonds. The van der Waals surface area contributed by atoms with Gasteiger partial charge in [-0.25, -0.2) is 0 Å². The Bertz CT molecular complexity index is 1070. The Morgan fingerprint density at radius 3 is 2.79 bits per heavy atom. The third kappa shape index (κ3) is 3.30. The summed E-state index contributed by atoms with van der Waals surface area (Å²) in [6.45, 7) is 2.59. The quantitative estimate of drug-likeness (QED) is 0.722. The molecule has 0 unspecified atom stereocenters. The van der Waals surface area contributed by atoms with E-state index in [1.54, 1.807) is 0 Å². The van der Waals surface area contributed by atoms with Gasteiger partial charge in [-0.2, -0.15) is 4.98 Å². The van der Waals surface area contributed by atoms with Gasteiger partial charge in [-0.3, -0.25) is 14.6 Å². The van der Waals surface area contributed by atoms with Gasteiger partial charge in [0.25, 0.3) is 5.56 Å². The molecule has 5 rings (SSSR count). The summed E-state index contributed by atoms with van der Waals surface area (Å²) in [5.41, 5.74) is 2.81. The van der Waals surface area contributed by atoms with Gasteiger partial charge >= 0.3 is 0 Å². The average Bonchev–Trinajstić information content (AvgIpc) is 2.73. The highest BCUT2D eigenvalue weighted by Gasteiger charge is 2.38. The van der Waals surface area contributed by atoms with E-state index >= 15 is 0 Å². The lowest BCUT2D eigenvalue weighted by Crippen LogP contribution is -2.40. The first-order valence-corrected chi connectivity index (χ1v) is 10.7. The van der Waals surface area contributed by atoms with E-state index in [4.69, 9.17) is 9.72 Å². The van der Waals surface area contributed by atoms with Crippen molar-refractivity contribution in [3.63, 3.8) is 0 Å². The first-order valence-electron chi connectivity index (χ1n) is 9.87. The minimum Gasteiger partial charge on any atom is -0.378 e. The van der Waals surface area contributed by atoms with E-state index in [2.05, 4.69) is 26.2 Å². The smallest absolute Gasteiger partial charge is 0.258 e. The molecule has 1 atom stereocenters. The molecule has 2 N–H and O–H groups in total. The minimum atomic E-state index is -0.415. The van der Waals surface area contributed by atoms with Crippen LogP contribution in [0.1, 0.15) is 36.3 Å². The van der Waals surface area contributed by atoms with Crippen molar-refractivity contribution >= 4 is 33.5 Å². The average molecular weight is 457 g/mol. The van der Waals surface area contributed by atoms with Crippen molar-refractivity contribution in [2.45, 2.75) is 25.2 Å². The van der Waals surface area contributed by atoms with Gasteiger partial charge in [0.1, 0.15) is 5.82 Å². The summed E-state index contributed by atoms with van der Waals surface area (Å²) in [7, 11) is 0. The second-order valence-corrected chi connectivity index (χ2v) is 8.45. The third-order valence-electron chi connectivity index (χ3n) is 5.74. The zero-order chi connectivity index (χ0) is 20.0. The molecule has 0 saturated carbocycles. The third-order valence-corrected chi connectivity index (χ3v) is 6.23. The summed E-state index contributed by atoms with van der Waals surface area (Å²) in [6, 6.07) is 7.81. The minimum absolute atomic E-state index is 0.103. The van der Waals surface area contributed by atoms with E-state index in [9.17, 15) is 9.59 Å². The number of allylic oxidation sites excluding steroid dienone is 2. The number of carbonyl (C=O) groups excluding carboxylic acids is 1. The second kappa shape index (κ2) is 7.42. The van der Waals surface area contributed by atoms with Gasteiger partial charge in [0.15, 0.2) is 5.78 Å². The van der Waals surface area contributed by atoms with Crippen LogP contribution in [0.2, 0.25) is 0 Å². The second-order valence-electron chi connectivity index (χ2n) is 7.53. The Kier molecular flexibility index (Phi) is 4.75. The van der Waals surface area contributed by atoms with Crippen LogP contribution < -0.4 is 15.8 Å². The van der Waals surface area contributed by atoms with Gasteiger partial charge in [-0.15, -0.1) is 0 Å². The summed E-state index contributed by atoms with van der Waals surface area (Å²) in [5.74, 6) is 0.782. The number of ether oxygens (including phenoxy) is 1. The van der Waals surface area contributed by atoms with Crippen LogP contribution in [0.3, 0.4) is 0 Å². The SMILES string of the molecule is O=C1CCCC2=C1[C@H](c1cccc(Br)c1)c1c(nc(N3CCOCC3)[nH]c1=O)N2. The normalized spacial score (nSPS) is 21.5. The number of hydrogen-bond donors (Lipinski definition) is 2. The zero-order valence-corrected chi connectivity index (χ0v) is 17.4. The summed E-state index contributed by atoms with van der Waals surface area (Å²) < 4.78 is 6.32. The van der Waals surface area contributed by atoms with Crippen LogP contribution in [0.15, 0.2) is 44.8 Å². The Hall–Kier alpha value is -2.45. The fourth-order valence-electron chi connectivity index (χ4n) is 4.39. The highest BCUT2D eigenvalue weighted by atomic mass is 79.9. The van der Waals surface area contributed by atoms with Crippen LogP contribution in [0, 0.1) is 0 Å². The lowest BCUT2D eigenvalue weighted by molar-refractivity contribution is -0.116. The topological polar surface area (TPSA) is 87.3 Å². The number of nitrogens with zero attached hydrogens (tertiary/aromatic N) is 2. The number of benzene rings is 1. The summed E-state index contributed by atoms with van der Waals surface area (Å²) in [5, 5.41) is 3.32. The molecule has 3 heterocycles. The van der Waals surface area contributed by atoms with Crippen molar-refractivity contribution in [2.75, 3.05) is 36.5 Å². The molecular weight excluding hydrogens is 436 g/mol. The molecule has 7 nitrogen and oxygen atoms in total. The number of morpholine rings is 1. The van der Waals surface area contributed by atoms with Gasteiger partial charge in [0, 0.05) is 41.2 Å². The molecule has 0 radical (unpaired) electrons. The number of hydrogen-bond acceptors (Lipinski definition) is 6. The van der Waals surface area contributed by atoms with Crippen LogP contribution in [-0.2, 0) is 9.53 Å². The van der Waals surface area contributed by atoms with Crippen LogP contribution in [-0.4, -0.2) is 42.1 Å². The van der Waals surface area contributed by atoms with E-state index < -0.39 is 5.92 Å². The molecule has 2 aromatic rings. The molecule has 1 aromatic carbocycles. The molecule has 150 valence electrons. The number of carbonyl (C=O) groups is 1. The number of Topliss-reactive ketones (excluding diaryl/α,β-unsaturated/α-hetero) is 1. The standard InChI is InChI=1S/C21H21BrN4O3/c22-13-4-1-3-12(11-13)16-17-14(5-2-6-15(17)27)23-19-18(16)20(28)25-21(24-19)26-7-9-29-10-8-26/h1,3-4,11,16H,2,5-10H2,(H2,23,24,25,28)/t16-/m0/s1. The van der Waals surface area contributed by atoms with Crippen molar-refractivity contribution in [3.8, 4) is 0 Å². The largest absolute Gasteiger partial charge is 0.378 e. The number of aromatic amines is 1. The first-order chi connectivity index (χ1) is 14.1. The molecule has 1 aromatic heterocycles. The maximum absolute atomic E-state index is 13.2. The van der Waals surface area contributed by atoms with Gasteiger partial charge in [-0.1, -0.05) is 28.1 Å². The maximum Gasteiger partial charge on any atom is 0.258 e. The monoisotopic (exact) mass is 456 g/mol. The van der Waals surface area contributed by atoms with Crippen molar-refractivity contribution < 1.29 is 9.53 Å². The summed E-state index contributed by atoms with van der Waals surface area (Å²) in [4.78, 5) is 35.8. The summed E-state index contributed by atoms with van der Waals surface area (Å²) >= 11 is 3.52. The fourth-order valence-corrected chi connectivity index (χ4v) is 4.81. The van der Waals surface area contributed by atoms with E-state index in [0.29, 0.717) is 55.6 Å². The van der Waals surface area contributed by atoms with E-state index in [0.717, 1.165) is 28.6 Å². The maximum atomic E-state index is 13.2. The molecule has 2 aliphatic heterocycles. The van der Waals surface area contributed by atoms with Crippen LogP contribution in [0.5, 0.6) is 0 Å². The van der Waals surface area contributed by atoms with Crippen LogP contribution in [0.4, 0.5) is 11.8 Å². The van der Waals surface area contributed by atoms with Crippen molar-refractivity contribution in [1.82, 2.24) is 9.97 Å². The molecule has 3 aliphatic rings. The first kappa shape index (κ1) is 18.6. The van der Waals surface area contributed by atoms with Crippen LogP contribution >= 0.6 is 15.9 Å². The predicted molar refractivity (Wildman–Crippen MR) is 113 cm³/mol. The summed E-state index contributed by atoms with van der Waals surface area (Å²) in [6.07, 6.45) is 2.11. The Labute approximate surface area is 176 Å². The molecule has 1 fully saturated rings. The molecule has 0 spiro atoms. The Morgan fingerprint density at radius 1 is 1.17 bits per heavy atom. The number of fused-ring (bicyclic) bond motifs is 1. The molecule has 29 heavy (non-hydrogen) atoms. The lowest BCUT2D eigenvalue weighted by atomic mass is 9.76. The van der Waals surface area contributed by atoms with Gasteiger partial charge in [-0.05, 0) is 30.5 Å². The van der Waals surface area contributed by atoms with E-state index in [1.165, 1.54) is 0 Å². The van der Waals surface area contributed by atoms with E-state index in [1.807, 2.05) is 29.2 Å². The van der Waals surface area contributed by atoms with Crippen molar-refractivity contribution in [1.29, 1.82) is 0 Å². The number of nitrogens with one attached hydrogen (secondary N) is 2. The number of aromatic nitrogens is 2. The van der Waals surface area contributed by atoms with E-state index in [-0.39, 0.29) is 11.3 Å². The van der Waals surface area contributed by atoms with Crippen LogP contribution in [0.25, 0.3) is 0 Å². The van der Waals surface area contributed by atoms with Crippen molar-refractivity contribution in [3.05, 3.63) is 61.5 Å². The molecule has 1 aliphatic carbocycles. The number of halogens is 1. The highest BCUT2D eigenvalue weighted by Crippen LogP contribution is 2.43. The Morgan fingerprint density at radius 2 is 2.00 bits per heavy atom. The van der Waals surface area contributed by atoms with Crippen molar-refractivity contribution in [2.24, 2.45) is 0 Å². The number of H-pyrrole nitrogens is 1. The lowest BCUT2D eigenvalue weighted by Gasteiger charge is -2.34. The molecular formula is C21H21BrN4O3. The number of ketones is 1. The highest BCUT2D eigenvalue weighted by molar-refractivity contribution is 9.10. The molecule has 1 saturated heterocycles. The molecule has 0 bridgehead atoms. The predicted octanol–water partition coefficient (Wildman–Crippen LogP) is 2.93. The number of anilines is 2.